The maximum Gasteiger partial charge on any atom is 0.336 e. The van der Waals surface area contributed by atoms with Crippen molar-refractivity contribution in [1.29, 1.82) is 0 Å². The number of hydrogen-bond donors (Lipinski definition) is 2. The van der Waals surface area contributed by atoms with Crippen LogP contribution in [0.15, 0.2) is 59.8 Å². The number of carbonyl (C=O) groups is 1. The first-order valence-electron chi connectivity index (χ1n) is 6.57. The molecule has 0 radical (unpaired) electrons. The van der Waals surface area contributed by atoms with E-state index in [2.05, 4.69) is 20.7 Å². The fourth-order valence-electron chi connectivity index (χ4n) is 2.08. The van der Waals surface area contributed by atoms with Crippen molar-refractivity contribution in [3.05, 3.63) is 65.9 Å². The van der Waals surface area contributed by atoms with Gasteiger partial charge in [0.05, 0.1) is 18.0 Å². The molecule has 0 atom stereocenters. The summed E-state index contributed by atoms with van der Waals surface area (Å²) >= 11 is 0. The molecule has 0 amide bonds. The normalized spacial score (nSPS) is 10.9. The zero-order chi connectivity index (χ0) is 15.4. The Balaban J connectivity index is 1.87. The van der Waals surface area contributed by atoms with Crippen LogP contribution in [-0.2, 0) is 0 Å². The first-order valence-corrected chi connectivity index (χ1v) is 6.57. The maximum absolute atomic E-state index is 11.1. The molecule has 6 heteroatoms. The van der Waals surface area contributed by atoms with Gasteiger partial charge in [0.15, 0.2) is 5.82 Å². The summed E-state index contributed by atoms with van der Waals surface area (Å²) in [6.07, 6.45) is 3.12. The van der Waals surface area contributed by atoms with Gasteiger partial charge in [0.1, 0.15) is 0 Å². The Morgan fingerprint density at radius 3 is 2.77 bits per heavy atom. The number of carboxylic acids is 1. The maximum atomic E-state index is 11.1. The lowest BCUT2D eigenvalue weighted by Gasteiger charge is -2.03. The highest BCUT2D eigenvalue weighted by atomic mass is 16.4. The molecule has 2 N–H and O–H groups in total. The number of aromatic carboxylic acids is 1. The van der Waals surface area contributed by atoms with E-state index in [1.165, 1.54) is 12.3 Å². The lowest BCUT2D eigenvalue weighted by molar-refractivity contribution is 0.0697. The van der Waals surface area contributed by atoms with Gasteiger partial charge in [-0.25, -0.2) is 4.79 Å². The van der Waals surface area contributed by atoms with Gasteiger partial charge in [0.25, 0.3) is 0 Å². The molecule has 0 saturated carbocycles. The Kier molecular flexibility index (Phi) is 3.74. The fourth-order valence-corrected chi connectivity index (χ4v) is 2.08. The van der Waals surface area contributed by atoms with Gasteiger partial charge in [0.2, 0.25) is 0 Å². The number of anilines is 1. The Labute approximate surface area is 126 Å². The molecule has 0 unspecified atom stereocenters. The molecule has 22 heavy (non-hydrogen) atoms. The number of hydrogen-bond acceptors (Lipinski definition) is 5. The molecule has 3 aromatic rings. The Morgan fingerprint density at radius 2 is 1.91 bits per heavy atom. The first kappa shape index (κ1) is 13.7. The highest BCUT2D eigenvalue weighted by Gasteiger charge is 2.06. The largest absolute Gasteiger partial charge is 0.478 e. The number of fused-ring (bicyclic) bond motifs is 1. The molecule has 0 spiro atoms. The smallest absolute Gasteiger partial charge is 0.336 e. The third kappa shape index (κ3) is 2.76. The molecule has 108 valence electrons. The van der Waals surface area contributed by atoms with E-state index in [0.29, 0.717) is 11.4 Å². The van der Waals surface area contributed by atoms with Crippen LogP contribution in [0.1, 0.15) is 15.9 Å². The number of hydrazone groups is 1. The summed E-state index contributed by atoms with van der Waals surface area (Å²) in [6, 6.07) is 14.3. The van der Waals surface area contributed by atoms with E-state index in [9.17, 15) is 4.79 Å². The summed E-state index contributed by atoms with van der Waals surface area (Å²) in [4.78, 5) is 11.1. The molecular formula is C16H12N4O2. The average molecular weight is 292 g/mol. The molecule has 2 aromatic carbocycles. The van der Waals surface area contributed by atoms with Crippen molar-refractivity contribution >= 4 is 28.8 Å². The third-order valence-corrected chi connectivity index (χ3v) is 3.14. The van der Waals surface area contributed by atoms with Crippen LogP contribution >= 0.6 is 0 Å². The number of benzene rings is 2. The predicted molar refractivity (Wildman–Crippen MR) is 84.2 cm³/mol. The summed E-state index contributed by atoms with van der Waals surface area (Å²) in [5.74, 6) is -0.478. The lowest BCUT2D eigenvalue weighted by atomic mass is 10.1. The van der Waals surface area contributed by atoms with Crippen LogP contribution < -0.4 is 5.43 Å². The van der Waals surface area contributed by atoms with Crippen molar-refractivity contribution in [3.63, 3.8) is 0 Å². The number of rotatable bonds is 4. The molecule has 0 aliphatic rings. The van der Waals surface area contributed by atoms with Crippen LogP contribution in [0.4, 0.5) is 5.82 Å². The second-order valence-corrected chi connectivity index (χ2v) is 4.54. The number of nitrogens with one attached hydrogen (secondary N) is 1. The minimum atomic E-state index is -0.994. The van der Waals surface area contributed by atoms with E-state index < -0.39 is 5.97 Å². The molecule has 1 aromatic heterocycles. The van der Waals surface area contributed by atoms with Gasteiger partial charge in [-0.05, 0) is 6.07 Å². The molecule has 0 saturated heterocycles. The fraction of sp³-hybridized carbons (Fsp3) is 0. The van der Waals surface area contributed by atoms with Crippen LogP contribution in [0.25, 0.3) is 10.8 Å². The van der Waals surface area contributed by atoms with Gasteiger partial charge in [-0.1, -0.05) is 42.5 Å². The Morgan fingerprint density at radius 1 is 1.14 bits per heavy atom. The summed E-state index contributed by atoms with van der Waals surface area (Å²) < 4.78 is 0. The third-order valence-electron chi connectivity index (χ3n) is 3.14. The van der Waals surface area contributed by atoms with E-state index in [1.807, 2.05) is 24.3 Å². The van der Waals surface area contributed by atoms with Crippen molar-refractivity contribution < 1.29 is 9.90 Å². The van der Waals surface area contributed by atoms with E-state index in [1.54, 1.807) is 24.4 Å². The van der Waals surface area contributed by atoms with Crippen molar-refractivity contribution in [2.45, 2.75) is 0 Å². The van der Waals surface area contributed by atoms with Gasteiger partial charge in [-0.15, -0.1) is 5.10 Å². The Bertz CT molecular complexity index is 856. The first-order chi connectivity index (χ1) is 10.8. The minimum Gasteiger partial charge on any atom is -0.478 e. The van der Waals surface area contributed by atoms with Crippen molar-refractivity contribution in [2.75, 3.05) is 5.43 Å². The number of aromatic nitrogens is 2. The lowest BCUT2D eigenvalue weighted by Crippen LogP contribution is -2.02. The van der Waals surface area contributed by atoms with Crippen LogP contribution in [0, 0.1) is 0 Å². The molecule has 0 aliphatic heterocycles. The van der Waals surface area contributed by atoms with Crippen molar-refractivity contribution in [3.8, 4) is 0 Å². The monoisotopic (exact) mass is 292 g/mol. The quantitative estimate of drug-likeness (QED) is 0.570. The summed E-state index contributed by atoms with van der Waals surface area (Å²) in [6.45, 7) is 0. The topological polar surface area (TPSA) is 87.5 Å². The summed E-state index contributed by atoms with van der Waals surface area (Å²) in [7, 11) is 0. The van der Waals surface area contributed by atoms with Crippen LogP contribution in [0.3, 0.4) is 0 Å². The zero-order valence-electron chi connectivity index (χ0n) is 11.5. The molecule has 0 bridgehead atoms. The molecule has 0 aliphatic carbocycles. The summed E-state index contributed by atoms with van der Waals surface area (Å²) in [5.41, 5.74) is 3.51. The standard InChI is InChI=1S/C16H12N4O2/c21-16(22)14-8-4-2-6-12(14)10-18-20-15-13-7-3-1-5-11(13)9-17-19-15/h1-10H,(H,19,20)(H,21,22)/b18-10+. The van der Waals surface area contributed by atoms with Crippen molar-refractivity contribution in [1.82, 2.24) is 10.2 Å². The van der Waals surface area contributed by atoms with Gasteiger partial charge in [-0.2, -0.15) is 10.2 Å². The van der Waals surface area contributed by atoms with Gasteiger partial charge < -0.3 is 5.11 Å². The van der Waals surface area contributed by atoms with Gasteiger partial charge in [0, 0.05) is 16.3 Å². The molecule has 1 heterocycles. The van der Waals surface area contributed by atoms with E-state index in [4.69, 9.17) is 5.11 Å². The van der Waals surface area contributed by atoms with Crippen LogP contribution in [-0.4, -0.2) is 27.5 Å². The number of carboxylic acid groups (broad SMARTS) is 1. The van der Waals surface area contributed by atoms with E-state index in [-0.39, 0.29) is 5.56 Å². The number of nitrogens with zero attached hydrogens (tertiary/aromatic N) is 3. The molecular weight excluding hydrogens is 280 g/mol. The second kappa shape index (κ2) is 6.01. The van der Waals surface area contributed by atoms with Crippen LogP contribution in [0.5, 0.6) is 0 Å². The van der Waals surface area contributed by atoms with Gasteiger partial charge in [-0.3, -0.25) is 5.43 Å². The Hall–Kier alpha value is -3.28. The predicted octanol–water partition coefficient (Wildman–Crippen LogP) is 2.77. The molecule has 0 fully saturated rings. The SMILES string of the molecule is O=C(O)c1ccccc1/C=N/Nc1nncc2ccccc12. The minimum absolute atomic E-state index is 0.192. The zero-order valence-corrected chi connectivity index (χ0v) is 11.5. The molecule has 3 rings (SSSR count). The van der Waals surface area contributed by atoms with E-state index in [0.717, 1.165) is 10.8 Å². The van der Waals surface area contributed by atoms with Gasteiger partial charge >= 0.3 is 5.97 Å². The van der Waals surface area contributed by atoms with Crippen LogP contribution in [0.2, 0.25) is 0 Å². The van der Waals surface area contributed by atoms with E-state index >= 15 is 0 Å². The molecule has 6 nitrogen and oxygen atoms in total. The average Bonchev–Trinajstić information content (AvgIpc) is 2.55. The van der Waals surface area contributed by atoms with Crippen molar-refractivity contribution in [2.24, 2.45) is 5.10 Å². The highest BCUT2D eigenvalue weighted by molar-refractivity contribution is 5.98. The highest BCUT2D eigenvalue weighted by Crippen LogP contribution is 2.19. The second-order valence-electron chi connectivity index (χ2n) is 4.54. The summed E-state index contributed by atoms with van der Waals surface area (Å²) in [5, 5.41) is 22.9.